The Kier molecular flexibility index (Phi) is 5.63. The SMILES string of the molecule is COC(=O)CCC[SH+](=O)Cl. The first-order chi connectivity index (χ1) is 4.66. The zero-order chi connectivity index (χ0) is 7.98. The second-order valence-corrected chi connectivity index (χ2v) is 3.93. The average Bonchev–Trinajstić information content (AvgIpc) is 1.87. The quantitative estimate of drug-likeness (QED) is 0.282. The van der Waals surface area contributed by atoms with Gasteiger partial charge < -0.3 is 4.74 Å². The number of halogens is 1. The number of carbonyl (C=O) groups is 1. The van der Waals surface area contributed by atoms with Gasteiger partial charge in [0.1, 0.15) is 5.75 Å². The van der Waals surface area contributed by atoms with Crippen molar-refractivity contribution in [1.82, 2.24) is 0 Å². The highest BCUT2D eigenvalue weighted by Crippen LogP contribution is 1.97. The highest BCUT2D eigenvalue weighted by Gasteiger charge is 2.04. The van der Waals surface area contributed by atoms with Crippen molar-refractivity contribution in [2.45, 2.75) is 12.8 Å². The number of carbonyl (C=O) groups excluding carboxylic acids is 1. The van der Waals surface area contributed by atoms with E-state index >= 15 is 0 Å². The summed E-state index contributed by atoms with van der Waals surface area (Å²) in [6.45, 7) is 0. The van der Waals surface area contributed by atoms with E-state index in [0.29, 0.717) is 18.6 Å². The third kappa shape index (κ3) is 6.04. The molecule has 0 radical (unpaired) electrons. The van der Waals surface area contributed by atoms with Crippen LogP contribution < -0.4 is 0 Å². The smallest absolute Gasteiger partial charge is 0.305 e. The first kappa shape index (κ1) is 9.91. The van der Waals surface area contributed by atoms with Crippen molar-refractivity contribution in [3.05, 3.63) is 0 Å². The van der Waals surface area contributed by atoms with Gasteiger partial charge in [0, 0.05) is 12.8 Å². The molecule has 0 aliphatic heterocycles. The number of thiol groups is 1. The number of hydrogen-bond donors (Lipinski definition) is 0. The predicted molar refractivity (Wildman–Crippen MR) is 41.4 cm³/mol. The van der Waals surface area contributed by atoms with Gasteiger partial charge in [0.05, 0.1) is 7.11 Å². The van der Waals surface area contributed by atoms with Crippen molar-refractivity contribution in [2.75, 3.05) is 12.9 Å². The Balaban J connectivity index is 3.20. The van der Waals surface area contributed by atoms with E-state index in [1.54, 1.807) is 0 Å². The van der Waals surface area contributed by atoms with Gasteiger partial charge in [-0.2, -0.15) is 0 Å². The van der Waals surface area contributed by atoms with E-state index in [-0.39, 0.29) is 5.97 Å². The zero-order valence-electron chi connectivity index (χ0n) is 5.67. The molecule has 5 heteroatoms. The molecule has 0 N–H and O–H groups in total. The first-order valence-corrected chi connectivity index (χ1v) is 5.19. The maximum atomic E-state index is 10.4. The summed E-state index contributed by atoms with van der Waals surface area (Å²) in [7, 11) is 4.86. The molecule has 0 spiro atoms. The van der Waals surface area contributed by atoms with Crippen LogP contribution in [0.4, 0.5) is 0 Å². The molecule has 0 rings (SSSR count). The first-order valence-electron chi connectivity index (χ1n) is 2.84. The van der Waals surface area contributed by atoms with Crippen LogP contribution in [0.5, 0.6) is 0 Å². The third-order valence-corrected chi connectivity index (χ3v) is 2.12. The van der Waals surface area contributed by atoms with E-state index in [0.717, 1.165) is 0 Å². The van der Waals surface area contributed by atoms with Crippen molar-refractivity contribution < 1.29 is 13.7 Å². The van der Waals surface area contributed by atoms with E-state index in [4.69, 9.17) is 10.7 Å². The van der Waals surface area contributed by atoms with Gasteiger partial charge in [0.25, 0.3) is 0 Å². The number of hydrogen-bond acceptors (Lipinski definition) is 3. The minimum Gasteiger partial charge on any atom is -0.469 e. The van der Waals surface area contributed by atoms with Crippen LogP contribution in [0.15, 0.2) is 0 Å². The summed E-state index contributed by atoms with van der Waals surface area (Å²) in [6.07, 6.45) is 0.829. The molecule has 0 saturated carbocycles. The van der Waals surface area contributed by atoms with Crippen LogP contribution in [0.3, 0.4) is 0 Å². The fourth-order valence-electron chi connectivity index (χ4n) is 0.450. The molecule has 0 fully saturated rings. The Morgan fingerprint density at radius 1 is 1.70 bits per heavy atom. The normalized spacial score (nSPS) is 12.6. The van der Waals surface area contributed by atoms with Gasteiger partial charge >= 0.3 is 5.97 Å². The predicted octanol–water partition coefficient (Wildman–Crippen LogP) is 0.789. The fourth-order valence-corrected chi connectivity index (χ4v) is 1.22. The lowest BCUT2D eigenvalue weighted by Gasteiger charge is -1.93. The largest absolute Gasteiger partial charge is 0.469 e. The molecule has 3 nitrogen and oxygen atoms in total. The summed E-state index contributed by atoms with van der Waals surface area (Å²) < 4.78 is 14.6. The maximum absolute atomic E-state index is 10.4. The zero-order valence-corrected chi connectivity index (χ0v) is 7.32. The lowest BCUT2D eigenvalue weighted by Crippen LogP contribution is -2.01. The molecule has 0 bridgehead atoms. The molecule has 60 valence electrons. The Morgan fingerprint density at radius 2 is 2.30 bits per heavy atom. The molecule has 0 amide bonds. The molecule has 10 heavy (non-hydrogen) atoms. The number of ether oxygens (including phenoxy) is 1. The molecule has 0 saturated heterocycles. The summed E-state index contributed by atoms with van der Waals surface area (Å²) in [5.41, 5.74) is 0. The monoisotopic (exact) mass is 185 g/mol. The molecular weight excluding hydrogens is 176 g/mol. The highest BCUT2D eigenvalue weighted by molar-refractivity contribution is 8.08. The molecule has 0 aromatic carbocycles. The van der Waals surface area contributed by atoms with Crippen molar-refractivity contribution >= 4 is 26.7 Å². The Bertz CT molecular complexity index is 137. The lowest BCUT2D eigenvalue weighted by atomic mass is 10.3. The van der Waals surface area contributed by atoms with E-state index in [1.807, 2.05) is 0 Å². The second kappa shape index (κ2) is 5.68. The molecule has 1 unspecified atom stereocenters. The molecular formula is C5H10ClO3S+. The minimum absolute atomic E-state index is 0.284. The Morgan fingerprint density at radius 3 is 2.70 bits per heavy atom. The number of esters is 1. The molecule has 0 aliphatic rings. The van der Waals surface area contributed by atoms with E-state index in [2.05, 4.69) is 4.74 Å². The van der Waals surface area contributed by atoms with E-state index in [9.17, 15) is 9.00 Å². The number of rotatable bonds is 4. The van der Waals surface area contributed by atoms with Crippen LogP contribution in [-0.4, -0.2) is 18.8 Å². The summed E-state index contributed by atoms with van der Waals surface area (Å²) in [5.74, 6) is 0.0972. The van der Waals surface area contributed by atoms with E-state index < -0.39 is 10.0 Å². The maximum Gasteiger partial charge on any atom is 0.305 e. The van der Waals surface area contributed by atoms with Crippen LogP contribution in [0.2, 0.25) is 0 Å². The van der Waals surface area contributed by atoms with Crippen LogP contribution in [0.1, 0.15) is 12.8 Å². The molecule has 0 aromatic heterocycles. The van der Waals surface area contributed by atoms with Crippen LogP contribution in [0, 0.1) is 0 Å². The molecule has 0 aromatic rings. The lowest BCUT2D eigenvalue weighted by molar-refractivity contribution is -0.140. The highest BCUT2D eigenvalue weighted by atomic mass is 35.7. The van der Waals surface area contributed by atoms with Gasteiger partial charge in [-0.1, -0.05) is 4.21 Å². The van der Waals surface area contributed by atoms with Gasteiger partial charge in [-0.25, -0.2) is 0 Å². The summed E-state index contributed by atoms with van der Waals surface area (Å²) >= 11 is 0. The molecule has 0 heterocycles. The van der Waals surface area contributed by atoms with Crippen molar-refractivity contribution in [3.63, 3.8) is 0 Å². The topological polar surface area (TPSA) is 43.4 Å². The standard InChI is InChI=1S/C5H9ClO3S/c1-9-5(7)3-2-4-10(6)8/h2-4H2,1H3/p+1. The second-order valence-electron chi connectivity index (χ2n) is 1.72. The van der Waals surface area contributed by atoms with Crippen LogP contribution in [-0.2, 0) is 23.8 Å². The van der Waals surface area contributed by atoms with Gasteiger partial charge in [0.2, 0.25) is 0 Å². The van der Waals surface area contributed by atoms with Crippen LogP contribution >= 0.6 is 10.7 Å². The van der Waals surface area contributed by atoms with Crippen molar-refractivity contribution in [1.29, 1.82) is 0 Å². The molecule has 0 aliphatic carbocycles. The van der Waals surface area contributed by atoms with E-state index in [1.165, 1.54) is 7.11 Å². The Hall–Kier alpha value is -0.0900. The van der Waals surface area contributed by atoms with Gasteiger partial charge in [-0.05, 0) is 0 Å². The van der Waals surface area contributed by atoms with Gasteiger partial charge in [-0.15, -0.1) is 0 Å². The summed E-state index contributed by atoms with van der Waals surface area (Å²) in [5, 5.41) is 0. The van der Waals surface area contributed by atoms with Crippen molar-refractivity contribution in [3.8, 4) is 0 Å². The Labute approximate surface area is 66.7 Å². The third-order valence-electron chi connectivity index (χ3n) is 0.942. The summed E-state index contributed by atoms with van der Waals surface area (Å²) in [6, 6.07) is 0. The minimum atomic E-state index is -1.62. The summed E-state index contributed by atoms with van der Waals surface area (Å²) in [4.78, 5) is 10.4. The fraction of sp³-hybridized carbons (Fsp3) is 0.800. The average molecular weight is 186 g/mol. The molecule has 1 atom stereocenters. The van der Waals surface area contributed by atoms with Crippen LogP contribution in [0.25, 0.3) is 0 Å². The van der Waals surface area contributed by atoms with Gasteiger partial charge in [-0.3, -0.25) is 4.79 Å². The number of methoxy groups -OCH3 is 1. The van der Waals surface area contributed by atoms with Crippen molar-refractivity contribution in [2.24, 2.45) is 0 Å². The van der Waals surface area contributed by atoms with Gasteiger partial charge in [0.15, 0.2) is 20.7 Å².